The maximum atomic E-state index is 13.4. The number of urea groups is 1. The number of benzene rings is 1. The highest BCUT2D eigenvalue weighted by Crippen LogP contribution is 2.43. The molecule has 0 spiro atoms. The van der Waals surface area contributed by atoms with E-state index in [1.807, 2.05) is 29.8 Å². The molecule has 0 saturated carbocycles. The molecule has 3 aliphatic heterocycles. The molecule has 30 heavy (non-hydrogen) atoms. The maximum absolute atomic E-state index is 13.4. The average Bonchev–Trinajstić information content (AvgIpc) is 3.35. The van der Waals surface area contributed by atoms with Gasteiger partial charge in [0.1, 0.15) is 12.2 Å². The van der Waals surface area contributed by atoms with Crippen molar-refractivity contribution in [3.8, 4) is 0 Å². The Morgan fingerprint density at radius 1 is 1.30 bits per heavy atom. The van der Waals surface area contributed by atoms with Crippen molar-refractivity contribution in [2.24, 2.45) is 13.0 Å². The van der Waals surface area contributed by atoms with Crippen LogP contribution in [0.4, 0.5) is 23.7 Å². The number of nitrogens with zero attached hydrogens (tertiary/aromatic N) is 5. The van der Waals surface area contributed by atoms with Crippen molar-refractivity contribution in [1.82, 2.24) is 19.7 Å². The van der Waals surface area contributed by atoms with Crippen molar-refractivity contribution in [2.75, 3.05) is 31.2 Å². The fraction of sp³-hybridized carbons (Fsp3) is 0.550. The molecule has 1 aromatic heterocycles. The van der Waals surface area contributed by atoms with Gasteiger partial charge in [-0.2, -0.15) is 13.2 Å². The quantitative estimate of drug-likeness (QED) is 0.761. The minimum absolute atomic E-state index is 0.0219. The van der Waals surface area contributed by atoms with Crippen LogP contribution >= 0.6 is 0 Å². The molecule has 10 heteroatoms. The van der Waals surface area contributed by atoms with Crippen LogP contribution in [0.2, 0.25) is 0 Å². The van der Waals surface area contributed by atoms with Crippen LogP contribution in [-0.2, 0) is 23.6 Å². The number of anilines is 1. The summed E-state index contributed by atoms with van der Waals surface area (Å²) >= 11 is 0. The van der Waals surface area contributed by atoms with Crippen molar-refractivity contribution in [2.45, 2.75) is 30.5 Å². The molecule has 2 amide bonds. The molecule has 1 aromatic carbocycles. The molecule has 160 valence electrons. The molecule has 5 rings (SSSR count). The number of fused-ring (bicyclic) bond motifs is 1. The summed E-state index contributed by atoms with van der Waals surface area (Å²) < 4.78 is 47.4. The van der Waals surface area contributed by atoms with Gasteiger partial charge in [0.2, 0.25) is 0 Å². The molecule has 0 radical (unpaired) electrons. The number of carbonyl (C=O) groups is 1. The van der Waals surface area contributed by atoms with Crippen LogP contribution in [0.1, 0.15) is 17.8 Å². The van der Waals surface area contributed by atoms with Gasteiger partial charge in [0, 0.05) is 37.7 Å². The Hall–Kier alpha value is -2.62. The fourth-order valence-corrected chi connectivity index (χ4v) is 4.83. The summed E-state index contributed by atoms with van der Waals surface area (Å²) in [6, 6.07) is 6.34. The van der Waals surface area contributed by atoms with Crippen molar-refractivity contribution in [1.29, 1.82) is 0 Å². The van der Waals surface area contributed by atoms with Crippen molar-refractivity contribution in [3.63, 3.8) is 0 Å². The predicted molar refractivity (Wildman–Crippen MR) is 101 cm³/mol. The highest BCUT2D eigenvalue weighted by atomic mass is 19.4. The van der Waals surface area contributed by atoms with Gasteiger partial charge in [-0.05, 0) is 24.1 Å². The summed E-state index contributed by atoms with van der Waals surface area (Å²) in [6.45, 7) is 1.23. The third kappa shape index (κ3) is 2.96. The van der Waals surface area contributed by atoms with Gasteiger partial charge in [-0.15, -0.1) is 10.2 Å². The number of carbonyl (C=O) groups excluding carboxylic acids is 1. The van der Waals surface area contributed by atoms with E-state index in [0.29, 0.717) is 25.3 Å². The van der Waals surface area contributed by atoms with Gasteiger partial charge >= 0.3 is 12.2 Å². The van der Waals surface area contributed by atoms with Gasteiger partial charge in [0.25, 0.3) is 0 Å². The van der Waals surface area contributed by atoms with Crippen molar-refractivity contribution in [3.05, 3.63) is 42.0 Å². The Balaban J connectivity index is 1.42. The summed E-state index contributed by atoms with van der Waals surface area (Å²) in [5.41, 5.74) is 1.32. The molecule has 7 nitrogen and oxygen atoms in total. The van der Waals surface area contributed by atoms with Gasteiger partial charge in [-0.3, -0.25) is 4.90 Å². The van der Waals surface area contributed by atoms with Crippen molar-refractivity contribution >= 4 is 11.7 Å². The summed E-state index contributed by atoms with van der Waals surface area (Å²) in [5, 5.41) is 8.10. The van der Waals surface area contributed by atoms with Gasteiger partial charge in [-0.1, -0.05) is 12.1 Å². The van der Waals surface area contributed by atoms with E-state index in [2.05, 4.69) is 10.2 Å². The molecule has 3 saturated heterocycles. The van der Waals surface area contributed by atoms with E-state index in [4.69, 9.17) is 4.74 Å². The SMILES string of the molecule is Cn1cnnc1CC1(c2cccc(N3CC4[C@@H](C(F)(F)F)CCN4C3=O)c2)COC1. The standard InChI is InChI=1S/C20H22F3N5O2/c1-26-12-24-25-17(26)8-19(10-30-11-19)13-3-2-4-14(7-13)28-9-16-15(20(21,22)23)5-6-27(16)18(28)29/h2-4,7,12,15-16H,5-6,8-11H2,1H3/t15-,16?/m0/s1. The van der Waals surface area contributed by atoms with E-state index in [9.17, 15) is 18.0 Å². The number of halogens is 3. The molecule has 0 bridgehead atoms. The number of amides is 2. The number of hydrogen-bond acceptors (Lipinski definition) is 4. The van der Waals surface area contributed by atoms with E-state index in [1.165, 1.54) is 9.80 Å². The fourth-order valence-electron chi connectivity index (χ4n) is 4.83. The second-order valence-electron chi connectivity index (χ2n) is 8.45. The first-order valence-electron chi connectivity index (χ1n) is 9.94. The topological polar surface area (TPSA) is 63.5 Å². The molecule has 3 aliphatic rings. The lowest BCUT2D eigenvalue weighted by molar-refractivity contribution is -0.177. The Kier molecular flexibility index (Phi) is 4.32. The van der Waals surface area contributed by atoms with Crippen LogP contribution in [0.25, 0.3) is 0 Å². The van der Waals surface area contributed by atoms with E-state index >= 15 is 0 Å². The second-order valence-corrected chi connectivity index (χ2v) is 8.45. The molecule has 3 fully saturated rings. The lowest BCUT2D eigenvalue weighted by Gasteiger charge is -2.42. The van der Waals surface area contributed by atoms with Crippen LogP contribution < -0.4 is 4.90 Å². The van der Waals surface area contributed by atoms with E-state index in [-0.39, 0.29) is 31.0 Å². The minimum Gasteiger partial charge on any atom is -0.379 e. The Bertz CT molecular complexity index is 971. The van der Waals surface area contributed by atoms with Gasteiger partial charge < -0.3 is 14.2 Å². The largest absolute Gasteiger partial charge is 0.393 e. The molecule has 2 atom stereocenters. The smallest absolute Gasteiger partial charge is 0.379 e. The molecule has 1 unspecified atom stereocenters. The van der Waals surface area contributed by atoms with Gasteiger partial charge in [0.15, 0.2) is 0 Å². The van der Waals surface area contributed by atoms with Crippen molar-refractivity contribution < 1.29 is 22.7 Å². The number of hydrogen-bond donors (Lipinski definition) is 0. The number of aromatic nitrogens is 3. The third-order valence-corrected chi connectivity index (χ3v) is 6.64. The van der Waals surface area contributed by atoms with Crippen LogP contribution in [0.15, 0.2) is 30.6 Å². The first-order valence-corrected chi connectivity index (χ1v) is 9.94. The first kappa shape index (κ1) is 19.3. The zero-order valence-corrected chi connectivity index (χ0v) is 16.5. The number of aryl methyl sites for hydroxylation is 1. The number of ether oxygens (including phenoxy) is 1. The summed E-state index contributed by atoms with van der Waals surface area (Å²) in [6.07, 6.45) is -2.04. The normalized spacial score (nSPS) is 25.5. The van der Waals surface area contributed by atoms with Crippen LogP contribution in [-0.4, -0.2) is 64.2 Å². The number of rotatable bonds is 4. The Morgan fingerprint density at radius 3 is 2.73 bits per heavy atom. The van der Waals surface area contributed by atoms with E-state index < -0.39 is 18.1 Å². The predicted octanol–water partition coefficient (Wildman–Crippen LogP) is 2.52. The highest BCUT2D eigenvalue weighted by Gasteiger charge is 2.56. The monoisotopic (exact) mass is 421 g/mol. The first-order chi connectivity index (χ1) is 14.3. The zero-order chi connectivity index (χ0) is 21.1. The molecule has 0 N–H and O–H groups in total. The summed E-state index contributed by atoms with van der Waals surface area (Å²) in [5.74, 6) is -0.633. The molecule has 2 aromatic rings. The maximum Gasteiger partial charge on any atom is 0.393 e. The summed E-state index contributed by atoms with van der Waals surface area (Å²) in [7, 11) is 1.88. The Labute approximate surface area is 171 Å². The van der Waals surface area contributed by atoms with Gasteiger partial charge in [0.05, 0.1) is 25.2 Å². The molecular formula is C20H22F3N5O2. The molecule has 0 aliphatic carbocycles. The van der Waals surface area contributed by atoms with Crippen LogP contribution in [0.5, 0.6) is 0 Å². The van der Waals surface area contributed by atoms with Gasteiger partial charge in [-0.25, -0.2) is 4.79 Å². The van der Waals surface area contributed by atoms with E-state index in [0.717, 1.165) is 11.4 Å². The lowest BCUT2D eigenvalue weighted by atomic mass is 9.75. The zero-order valence-electron chi connectivity index (χ0n) is 16.5. The Morgan fingerprint density at radius 2 is 2.10 bits per heavy atom. The second kappa shape index (κ2) is 6.69. The molecular weight excluding hydrogens is 399 g/mol. The lowest BCUT2D eigenvalue weighted by Crippen LogP contribution is -2.49. The third-order valence-electron chi connectivity index (χ3n) is 6.64. The van der Waals surface area contributed by atoms with E-state index in [1.54, 1.807) is 12.4 Å². The number of alkyl halides is 3. The minimum atomic E-state index is -4.29. The van der Waals surface area contributed by atoms with Crippen LogP contribution in [0, 0.1) is 5.92 Å². The molecule has 4 heterocycles. The van der Waals surface area contributed by atoms with Crippen LogP contribution in [0.3, 0.4) is 0 Å². The highest BCUT2D eigenvalue weighted by molar-refractivity contribution is 5.95. The average molecular weight is 421 g/mol. The summed E-state index contributed by atoms with van der Waals surface area (Å²) in [4.78, 5) is 15.7.